The fourth-order valence-electron chi connectivity index (χ4n) is 2.14. The Morgan fingerprint density at radius 1 is 1.41 bits per heavy atom. The highest BCUT2D eigenvalue weighted by Gasteiger charge is 2.28. The molecule has 0 bridgehead atoms. The maximum absolute atomic E-state index is 12.2. The summed E-state index contributed by atoms with van der Waals surface area (Å²) in [7, 11) is 1.79. The summed E-state index contributed by atoms with van der Waals surface area (Å²) in [6, 6.07) is 1.72. The van der Waals surface area contributed by atoms with E-state index in [0.717, 1.165) is 6.42 Å². The van der Waals surface area contributed by atoms with Crippen LogP contribution in [0.1, 0.15) is 33.7 Å². The van der Waals surface area contributed by atoms with Gasteiger partial charge in [0.2, 0.25) is 0 Å². The van der Waals surface area contributed by atoms with Crippen LogP contribution in [0.5, 0.6) is 0 Å². The fraction of sp³-hybridized carbons (Fsp3) is 0.500. The lowest BCUT2D eigenvalue weighted by Crippen LogP contribution is -2.32. The van der Waals surface area contributed by atoms with Crippen LogP contribution in [0, 0.1) is 0 Å². The van der Waals surface area contributed by atoms with Crippen molar-refractivity contribution in [1.29, 1.82) is 0 Å². The van der Waals surface area contributed by atoms with Crippen LogP contribution in [0.25, 0.3) is 0 Å². The minimum atomic E-state index is -0.0587. The van der Waals surface area contributed by atoms with E-state index in [2.05, 4.69) is 0 Å². The molecule has 1 aliphatic rings. The number of hydrogen-bond donors (Lipinski definition) is 0. The fourth-order valence-corrected chi connectivity index (χ4v) is 2.26. The number of amides is 1. The molecule has 0 atom stereocenters. The molecular weight excluding hydrogens is 240 g/mol. The molecule has 0 unspecified atom stereocenters. The van der Waals surface area contributed by atoms with Crippen LogP contribution in [-0.2, 0) is 7.05 Å². The molecule has 4 nitrogen and oxygen atoms in total. The largest absolute Gasteiger partial charge is 0.348 e. The summed E-state index contributed by atoms with van der Waals surface area (Å²) in [5.74, 6) is 0.505. The standard InChI is InChI=1S/C12H15ClN2O2/c1-14-7-3-9-11(14)10(16)4-8-15(12(9)17)6-2-5-13/h3,7H,2,4-6,8H2,1H3. The van der Waals surface area contributed by atoms with Crippen molar-refractivity contribution in [1.82, 2.24) is 9.47 Å². The minimum Gasteiger partial charge on any atom is -0.348 e. The number of fused-ring (bicyclic) bond motifs is 1. The molecule has 92 valence electrons. The number of carbonyl (C=O) groups is 2. The molecule has 0 aliphatic carbocycles. The van der Waals surface area contributed by atoms with E-state index in [1.165, 1.54) is 0 Å². The van der Waals surface area contributed by atoms with Gasteiger partial charge in [-0.25, -0.2) is 0 Å². The summed E-state index contributed by atoms with van der Waals surface area (Å²) in [6.07, 6.45) is 2.90. The molecule has 0 radical (unpaired) electrons. The average molecular weight is 255 g/mol. The molecule has 2 rings (SSSR count). The van der Waals surface area contributed by atoms with Gasteiger partial charge in [0.25, 0.3) is 5.91 Å². The summed E-state index contributed by atoms with van der Waals surface area (Å²) < 4.78 is 1.72. The molecule has 1 aliphatic heterocycles. The Labute approximate surface area is 105 Å². The Morgan fingerprint density at radius 2 is 2.18 bits per heavy atom. The first-order chi connectivity index (χ1) is 8.15. The number of rotatable bonds is 3. The molecule has 0 saturated heterocycles. The Hall–Kier alpha value is -1.29. The van der Waals surface area contributed by atoms with E-state index in [-0.39, 0.29) is 11.7 Å². The monoisotopic (exact) mass is 254 g/mol. The summed E-state index contributed by atoms with van der Waals surface area (Å²) in [5, 5.41) is 0. The minimum absolute atomic E-state index is 0.0363. The van der Waals surface area contributed by atoms with E-state index < -0.39 is 0 Å². The van der Waals surface area contributed by atoms with Crippen molar-refractivity contribution in [3.8, 4) is 0 Å². The Balaban J connectivity index is 2.30. The number of aromatic nitrogens is 1. The normalized spacial score (nSPS) is 16.0. The van der Waals surface area contributed by atoms with E-state index in [1.54, 1.807) is 28.8 Å². The number of carbonyl (C=O) groups excluding carboxylic acids is 2. The maximum atomic E-state index is 12.2. The number of hydrogen-bond acceptors (Lipinski definition) is 2. The van der Waals surface area contributed by atoms with Crippen LogP contribution in [-0.4, -0.2) is 40.1 Å². The van der Waals surface area contributed by atoms with Crippen LogP contribution in [0.3, 0.4) is 0 Å². The van der Waals surface area contributed by atoms with Gasteiger partial charge in [-0.1, -0.05) is 0 Å². The summed E-state index contributed by atoms with van der Waals surface area (Å²) in [6.45, 7) is 1.10. The predicted molar refractivity (Wildman–Crippen MR) is 65.6 cm³/mol. The Bertz CT molecular complexity index is 453. The lowest BCUT2D eigenvalue weighted by molar-refractivity contribution is 0.0759. The zero-order valence-corrected chi connectivity index (χ0v) is 10.5. The predicted octanol–water partition coefficient (Wildman–Crippen LogP) is 1.68. The topological polar surface area (TPSA) is 42.3 Å². The van der Waals surface area contributed by atoms with Gasteiger partial charge < -0.3 is 9.47 Å². The second-order valence-electron chi connectivity index (χ2n) is 4.20. The number of ketones is 1. The Morgan fingerprint density at radius 3 is 2.88 bits per heavy atom. The molecule has 0 N–H and O–H groups in total. The summed E-state index contributed by atoms with van der Waals surface area (Å²) >= 11 is 5.63. The molecule has 0 saturated carbocycles. The first-order valence-electron chi connectivity index (χ1n) is 5.69. The lowest BCUT2D eigenvalue weighted by Gasteiger charge is -2.19. The van der Waals surface area contributed by atoms with Gasteiger partial charge in [-0.3, -0.25) is 9.59 Å². The third-order valence-corrected chi connectivity index (χ3v) is 3.29. The molecule has 1 aromatic rings. The molecule has 1 aromatic heterocycles. The zero-order valence-electron chi connectivity index (χ0n) is 9.78. The maximum Gasteiger partial charge on any atom is 0.256 e. The number of nitrogens with zero attached hydrogens (tertiary/aromatic N) is 2. The summed E-state index contributed by atoms with van der Waals surface area (Å²) in [5.41, 5.74) is 1.05. The lowest BCUT2D eigenvalue weighted by atomic mass is 10.1. The van der Waals surface area contributed by atoms with Crippen molar-refractivity contribution < 1.29 is 9.59 Å². The highest BCUT2D eigenvalue weighted by molar-refractivity contribution is 6.17. The SMILES string of the molecule is Cn1ccc2c1C(=O)CCN(CCCCl)C2=O. The van der Waals surface area contributed by atoms with E-state index in [9.17, 15) is 9.59 Å². The quantitative estimate of drug-likeness (QED) is 0.771. The molecular formula is C12H15ClN2O2. The van der Waals surface area contributed by atoms with Crippen LogP contribution >= 0.6 is 11.6 Å². The molecule has 0 spiro atoms. The van der Waals surface area contributed by atoms with E-state index >= 15 is 0 Å². The average Bonchev–Trinajstić information content (AvgIpc) is 2.64. The Kier molecular flexibility index (Phi) is 3.52. The van der Waals surface area contributed by atoms with Crippen LogP contribution in [0.4, 0.5) is 0 Å². The highest BCUT2D eigenvalue weighted by Crippen LogP contribution is 2.19. The van der Waals surface area contributed by atoms with Gasteiger partial charge in [-0.2, -0.15) is 0 Å². The number of Topliss-reactive ketones (excluding diaryl/α,β-unsaturated/α-hetero) is 1. The van der Waals surface area contributed by atoms with Gasteiger partial charge in [-0.05, 0) is 12.5 Å². The molecule has 2 heterocycles. The van der Waals surface area contributed by atoms with Crippen LogP contribution < -0.4 is 0 Å². The van der Waals surface area contributed by atoms with Crippen LogP contribution in [0.15, 0.2) is 12.3 Å². The van der Waals surface area contributed by atoms with Crippen molar-refractivity contribution in [2.75, 3.05) is 19.0 Å². The number of aryl methyl sites for hydroxylation is 1. The molecule has 5 heteroatoms. The van der Waals surface area contributed by atoms with Gasteiger partial charge in [0, 0.05) is 38.6 Å². The van der Waals surface area contributed by atoms with Crippen molar-refractivity contribution >= 4 is 23.3 Å². The first kappa shape index (κ1) is 12.2. The zero-order chi connectivity index (χ0) is 12.4. The van der Waals surface area contributed by atoms with Gasteiger partial charge in [-0.15, -0.1) is 11.6 Å². The molecule has 0 fully saturated rings. The van der Waals surface area contributed by atoms with Gasteiger partial charge in [0.1, 0.15) is 0 Å². The molecule has 1 amide bonds. The summed E-state index contributed by atoms with van der Waals surface area (Å²) in [4.78, 5) is 25.9. The van der Waals surface area contributed by atoms with Gasteiger partial charge in [0.15, 0.2) is 5.78 Å². The van der Waals surface area contributed by atoms with E-state index in [1.807, 2.05) is 0 Å². The smallest absolute Gasteiger partial charge is 0.256 e. The van der Waals surface area contributed by atoms with E-state index in [4.69, 9.17) is 11.6 Å². The number of halogens is 1. The van der Waals surface area contributed by atoms with Crippen molar-refractivity contribution in [3.05, 3.63) is 23.5 Å². The van der Waals surface area contributed by atoms with Crippen molar-refractivity contribution in [2.24, 2.45) is 7.05 Å². The third kappa shape index (κ3) is 2.22. The van der Waals surface area contributed by atoms with E-state index in [0.29, 0.717) is 36.6 Å². The molecule has 17 heavy (non-hydrogen) atoms. The second-order valence-corrected chi connectivity index (χ2v) is 4.57. The first-order valence-corrected chi connectivity index (χ1v) is 6.22. The van der Waals surface area contributed by atoms with Crippen LogP contribution in [0.2, 0.25) is 0 Å². The van der Waals surface area contributed by atoms with Gasteiger partial charge >= 0.3 is 0 Å². The second kappa shape index (κ2) is 4.92. The van der Waals surface area contributed by atoms with Gasteiger partial charge in [0.05, 0.1) is 11.3 Å². The molecule has 0 aromatic carbocycles. The number of alkyl halides is 1. The third-order valence-electron chi connectivity index (χ3n) is 3.02. The van der Waals surface area contributed by atoms with Crippen molar-refractivity contribution in [2.45, 2.75) is 12.8 Å². The van der Waals surface area contributed by atoms with Crippen molar-refractivity contribution in [3.63, 3.8) is 0 Å². The highest BCUT2D eigenvalue weighted by atomic mass is 35.5.